The number of ether oxygens (including phenoxy) is 2. The molecule has 0 aromatic heterocycles. The molecule has 1 aliphatic rings. The predicted molar refractivity (Wildman–Crippen MR) is 64.8 cm³/mol. The van der Waals surface area contributed by atoms with E-state index in [1.807, 2.05) is 13.0 Å². The van der Waals surface area contributed by atoms with E-state index < -0.39 is 26.6 Å². The highest BCUT2D eigenvalue weighted by Gasteiger charge is 2.37. The molecule has 3 atom stereocenters. The summed E-state index contributed by atoms with van der Waals surface area (Å²) in [6.07, 6.45) is 0.163. The lowest BCUT2D eigenvalue weighted by Gasteiger charge is -2.37. The van der Waals surface area contributed by atoms with Gasteiger partial charge >= 0.3 is 0 Å². The molecule has 0 saturated heterocycles. The van der Waals surface area contributed by atoms with Gasteiger partial charge in [0.1, 0.15) is 12.2 Å². The molecule has 0 saturated carbocycles. The summed E-state index contributed by atoms with van der Waals surface area (Å²) in [7, 11) is -1.61. The fraction of sp³-hybridized carbons (Fsp3) is 0.818. The van der Waals surface area contributed by atoms with Crippen molar-refractivity contribution in [1.29, 1.82) is 0 Å². The van der Waals surface area contributed by atoms with Crippen LogP contribution in [0.5, 0.6) is 0 Å². The van der Waals surface area contributed by atoms with Crippen molar-refractivity contribution >= 4 is 8.07 Å². The van der Waals surface area contributed by atoms with E-state index >= 15 is 0 Å². The van der Waals surface area contributed by atoms with Crippen LogP contribution in [0.1, 0.15) is 6.92 Å². The Morgan fingerprint density at radius 2 is 2.06 bits per heavy atom. The van der Waals surface area contributed by atoms with E-state index in [4.69, 9.17) is 9.47 Å². The van der Waals surface area contributed by atoms with Gasteiger partial charge in [0.05, 0.1) is 14.7 Å². The molecule has 0 amide bonds. The Labute approximate surface area is 97.9 Å². The highest BCUT2D eigenvalue weighted by Crippen LogP contribution is 2.27. The van der Waals surface area contributed by atoms with Gasteiger partial charge < -0.3 is 19.7 Å². The molecule has 94 valence electrons. The molecule has 1 heterocycles. The van der Waals surface area contributed by atoms with E-state index in [1.165, 1.54) is 0 Å². The minimum Gasteiger partial charge on any atom is -0.394 e. The van der Waals surface area contributed by atoms with Crippen LogP contribution in [0.2, 0.25) is 19.6 Å². The Balaban J connectivity index is 2.92. The fourth-order valence-electron chi connectivity index (χ4n) is 1.82. The normalized spacial score (nSPS) is 31.4. The minimum absolute atomic E-state index is 0.188. The molecule has 0 unspecified atom stereocenters. The Morgan fingerprint density at radius 3 is 2.50 bits per heavy atom. The smallest absolute Gasteiger partial charge is 0.177 e. The Kier molecular flexibility index (Phi) is 4.69. The van der Waals surface area contributed by atoms with Crippen LogP contribution in [0.15, 0.2) is 11.3 Å². The Bertz CT molecular complexity index is 259. The van der Waals surface area contributed by atoms with Crippen LogP contribution in [0, 0.1) is 0 Å². The lowest BCUT2D eigenvalue weighted by Crippen LogP contribution is -2.47. The van der Waals surface area contributed by atoms with Crippen molar-refractivity contribution in [1.82, 2.24) is 0 Å². The topological polar surface area (TPSA) is 58.9 Å². The molecule has 0 aromatic carbocycles. The number of hydrogen-bond donors (Lipinski definition) is 2. The Hall–Kier alpha value is -0.203. The van der Waals surface area contributed by atoms with E-state index in [-0.39, 0.29) is 6.61 Å². The average molecular weight is 246 g/mol. The molecule has 0 aliphatic carbocycles. The summed E-state index contributed by atoms with van der Waals surface area (Å²) >= 11 is 0. The predicted octanol–water partition coefficient (Wildman–Crippen LogP) is 0.905. The first-order chi connectivity index (χ1) is 7.40. The quantitative estimate of drug-likeness (QED) is 0.724. The monoisotopic (exact) mass is 246 g/mol. The van der Waals surface area contributed by atoms with Crippen LogP contribution >= 0.6 is 0 Å². The van der Waals surface area contributed by atoms with Gasteiger partial charge in [0, 0.05) is 6.61 Å². The zero-order chi connectivity index (χ0) is 12.3. The maximum atomic E-state index is 10.1. The third-order valence-electron chi connectivity index (χ3n) is 2.67. The van der Waals surface area contributed by atoms with Crippen LogP contribution < -0.4 is 0 Å². The first-order valence-corrected chi connectivity index (χ1v) is 9.18. The molecule has 16 heavy (non-hydrogen) atoms. The van der Waals surface area contributed by atoms with Gasteiger partial charge in [-0.1, -0.05) is 19.6 Å². The van der Waals surface area contributed by atoms with Gasteiger partial charge in [-0.3, -0.25) is 0 Å². The number of rotatable bonds is 4. The summed E-state index contributed by atoms with van der Waals surface area (Å²) in [6, 6.07) is 0. The number of aliphatic hydroxyl groups excluding tert-OH is 2. The molecule has 1 rings (SSSR count). The second-order valence-corrected chi connectivity index (χ2v) is 10.1. The molecule has 0 radical (unpaired) electrons. The first-order valence-electron chi connectivity index (χ1n) is 5.68. The van der Waals surface area contributed by atoms with E-state index in [2.05, 4.69) is 19.6 Å². The van der Waals surface area contributed by atoms with Crippen LogP contribution in [-0.2, 0) is 9.47 Å². The molecule has 4 nitrogen and oxygen atoms in total. The zero-order valence-electron chi connectivity index (χ0n) is 10.4. The van der Waals surface area contributed by atoms with Crippen molar-refractivity contribution in [2.75, 3.05) is 13.2 Å². The Morgan fingerprint density at radius 1 is 1.44 bits per heavy atom. The summed E-state index contributed by atoms with van der Waals surface area (Å²) in [5.74, 6) is 0. The van der Waals surface area contributed by atoms with Gasteiger partial charge in [-0.15, -0.1) is 0 Å². The van der Waals surface area contributed by atoms with Gasteiger partial charge in [-0.2, -0.15) is 0 Å². The van der Waals surface area contributed by atoms with Crippen molar-refractivity contribution in [2.24, 2.45) is 0 Å². The third-order valence-corrected chi connectivity index (χ3v) is 4.87. The second kappa shape index (κ2) is 5.42. The van der Waals surface area contributed by atoms with Gasteiger partial charge in [-0.05, 0) is 18.2 Å². The summed E-state index contributed by atoms with van der Waals surface area (Å²) in [6.45, 7) is 8.73. The number of hydrogen-bond acceptors (Lipinski definition) is 4. The molecule has 0 aromatic rings. The lowest BCUT2D eigenvalue weighted by molar-refractivity contribution is -0.179. The number of aliphatic hydroxyl groups is 2. The van der Waals surface area contributed by atoms with Crippen molar-refractivity contribution in [3.8, 4) is 0 Å². The van der Waals surface area contributed by atoms with Crippen molar-refractivity contribution in [2.45, 2.75) is 45.1 Å². The summed E-state index contributed by atoms with van der Waals surface area (Å²) in [5.41, 5.74) is 0. The van der Waals surface area contributed by atoms with E-state index in [0.29, 0.717) is 6.61 Å². The maximum absolute atomic E-state index is 10.1. The van der Waals surface area contributed by atoms with Gasteiger partial charge in [0.2, 0.25) is 0 Å². The molecule has 0 bridgehead atoms. The van der Waals surface area contributed by atoms with Crippen molar-refractivity contribution < 1.29 is 19.7 Å². The van der Waals surface area contributed by atoms with Crippen LogP contribution in [0.4, 0.5) is 0 Å². The highest BCUT2D eigenvalue weighted by molar-refractivity contribution is 6.83. The largest absolute Gasteiger partial charge is 0.394 e. The summed E-state index contributed by atoms with van der Waals surface area (Å²) in [5, 5.41) is 20.3. The van der Waals surface area contributed by atoms with Crippen LogP contribution in [0.3, 0.4) is 0 Å². The fourth-order valence-corrected chi connectivity index (χ4v) is 3.53. The second-order valence-electron chi connectivity index (χ2n) is 5.00. The molecular formula is C11H22O4Si. The summed E-state index contributed by atoms with van der Waals surface area (Å²) in [4.78, 5) is 0. The van der Waals surface area contributed by atoms with E-state index in [1.54, 1.807) is 0 Å². The molecule has 5 heteroatoms. The molecule has 0 spiro atoms. The summed E-state index contributed by atoms with van der Waals surface area (Å²) < 4.78 is 10.8. The van der Waals surface area contributed by atoms with Crippen LogP contribution in [0.25, 0.3) is 0 Å². The lowest BCUT2D eigenvalue weighted by atomic mass is 10.1. The highest BCUT2D eigenvalue weighted by atomic mass is 28.3. The van der Waals surface area contributed by atoms with Crippen molar-refractivity contribution in [3.63, 3.8) is 0 Å². The molecular weight excluding hydrogens is 224 g/mol. The van der Waals surface area contributed by atoms with E-state index in [9.17, 15) is 10.2 Å². The molecule has 0 fully saturated rings. The van der Waals surface area contributed by atoms with E-state index in [0.717, 1.165) is 5.20 Å². The SMILES string of the molecule is CCO[C@@H]1C=C([Si](C)(C)C)[C@@H](O)[C@@H](CO)O1. The zero-order valence-corrected chi connectivity index (χ0v) is 11.4. The third kappa shape index (κ3) is 3.15. The minimum atomic E-state index is -1.61. The molecule has 2 N–H and O–H groups in total. The molecule has 1 aliphatic heterocycles. The standard InChI is InChI=1S/C11H22O4Si/c1-5-14-10-6-9(16(2,3)4)11(13)8(7-12)15-10/h6,8,10-13H,5,7H2,1-4H3/t8-,10+,11+/m1/s1. The maximum Gasteiger partial charge on any atom is 0.177 e. The first kappa shape index (κ1) is 13.9. The van der Waals surface area contributed by atoms with Gasteiger partial charge in [0.25, 0.3) is 0 Å². The average Bonchev–Trinajstić information content (AvgIpc) is 2.19. The van der Waals surface area contributed by atoms with Crippen molar-refractivity contribution in [3.05, 3.63) is 11.3 Å². The van der Waals surface area contributed by atoms with Gasteiger partial charge in [0.15, 0.2) is 6.29 Å². The van der Waals surface area contributed by atoms with Gasteiger partial charge in [-0.25, -0.2) is 0 Å². The van der Waals surface area contributed by atoms with Crippen LogP contribution in [-0.4, -0.2) is 50.0 Å².